The van der Waals surface area contributed by atoms with Gasteiger partial charge in [0.05, 0.1) is 25.1 Å². The Morgan fingerprint density at radius 1 is 0.978 bits per heavy atom. The van der Waals surface area contributed by atoms with Gasteiger partial charge in [-0.15, -0.1) is 0 Å². The summed E-state index contributed by atoms with van der Waals surface area (Å²) in [7, 11) is 1.78. The Bertz CT molecular complexity index is 1360. The fourth-order valence-electron chi connectivity index (χ4n) is 3.58. The summed E-state index contributed by atoms with van der Waals surface area (Å²) in [5.41, 5.74) is 3.64. The second-order valence-corrected chi connectivity index (χ2v) is 9.38. The van der Waals surface area contributed by atoms with Crippen molar-refractivity contribution in [2.45, 2.75) is 18.9 Å². The van der Waals surface area contributed by atoms with E-state index in [1.54, 1.807) is 18.1 Å². The number of H-pyrrole nitrogens is 1. The van der Waals surface area contributed by atoms with E-state index in [9.17, 15) is 31.1 Å². The molecule has 0 radical (unpaired) electrons. The van der Waals surface area contributed by atoms with Crippen LogP contribution >= 0.6 is 0 Å². The van der Waals surface area contributed by atoms with E-state index >= 15 is 0 Å². The molecule has 1 aliphatic heterocycles. The highest BCUT2D eigenvalue weighted by Gasteiger charge is 2.38. The van der Waals surface area contributed by atoms with Gasteiger partial charge in [0, 0.05) is 45.0 Å². The van der Waals surface area contributed by atoms with Gasteiger partial charge in [-0.3, -0.25) is 10.00 Å². The van der Waals surface area contributed by atoms with Crippen LogP contribution in [0.4, 0.5) is 36.8 Å². The van der Waals surface area contributed by atoms with Gasteiger partial charge in [-0.2, -0.15) is 31.4 Å². The summed E-state index contributed by atoms with van der Waals surface area (Å²) >= 11 is 0. The second-order valence-electron chi connectivity index (χ2n) is 9.38. The highest BCUT2D eigenvalue weighted by Crippen LogP contribution is 2.31. The Morgan fingerprint density at radius 3 is 2.09 bits per heavy atom. The van der Waals surface area contributed by atoms with Crippen molar-refractivity contribution >= 4 is 23.7 Å². The van der Waals surface area contributed by atoms with Crippen molar-refractivity contribution in [3.8, 4) is 16.9 Å². The lowest BCUT2D eigenvalue weighted by Gasteiger charge is -2.26. The molecule has 3 aromatic rings. The van der Waals surface area contributed by atoms with E-state index in [0.29, 0.717) is 24.6 Å². The number of nitrogens with one attached hydrogen (secondary N) is 2. The Morgan fingerprint density at radius 2 is 1.57 bits per heavy atom. The van der Waals surface area contributed by atoms with Crippen molar-refractivity contribution in [1.29, 1.82) is 0 Å². The minimum absolute atomic E-state index is 0.192. The molecule has 46 heavy (non-hydrogen) atoms. The average molecular weight is 664 g/mol. The van der Waals surface area contributed by atoms with Crippen LogP contribution in [0.1, 0.15) is 5.56 Å². The van der Waals surface area contributed by atoms with E-state index in [0.717, 1.165) is 49.5 Å². The molecule has 0 unspecified atom stereocenters. The number of amides is 2. The number of aromatic nitrogens is 2. The number of carbonyl (C=O) groups is 3. The number of halogens is 6. The highest BCUT2D eigenvalue weighted by atomic mass is 19.4. The Kier molecular flexibility index (Phi) is 14.3. The predicted octanol–water partition coefficient (Wildman–Crippen LogP) is 4.72. The summed E-state index contributed by atoms with van der Waals surface area (Å²) in [6.07, 6.45) is -6.57. The lowest BCUT2D eigenvalue weighted by molar-refractivity contribution is -0.193. The van der Waals surface area contributed by atoms with Gasteiger partial charge in [0.1, 0.15) is 12.4 Å². The highest BCUT2D eigenvalue weighted by molar-refractivity contribution is 5.91. The number of aliphatic carboxylic acids is 2. The molecule has 12 nitrogen and oxygen atoms in total. The normalized spacial score (nSPS) is 13.3. The van der Waals surface area contributed by atoms with Crippen LogP contribution in [-0.4, -0.2) is 107 Å². The van der Waals surface area contributed by atoms with Gasteiger partial charge in [0.2, 0.25) is 0 Å². The standard InChI is InChI=1S/C24H29N5O3.2C2HF3O2/c1-28(18-19-5-3-2-4-6-19)24(30)27-22-8-7-20(21-16-25-26-17-21)15-23(22)32-14-11-29-9-12-31-13-10-29;2*3-2(4,5)1(6)7/h2-8,15-17H,9-14,18H2,1H3,(H,25,26)(H,27,30);2*(H,6,7). The maximum absolute atomic E-state index is 12.8. The minimum Gasteiger partial charge on any atom is -0.490 e. The fourth-order valence-corrected chi connectivity index (χ4v) is 3.58. The molecule has 252 valence electrons. The van der Waals surface area contributed by atoms with Crippen LogP contribution in [0.2, 0.25) is 0 Å². The molecular weight excluding hydrogens is 632 g/mol. The Labute approximate surface area is 258 Å². The molecule has 0 saturated carbocycles. The van der Waals surface area contributed by atoms with Crippen molar-refractivity contribution < 1.29 is 60.4 Å². The number of carbonyl (C=O) groups excluding carboxylic acids is 1. The third-order valence-electron chi connectivity index (χ3n) is 5.92. The number of carboxylic acid groups (broad SMARTS) is 2. The lowest BCUT2D eigenvalue weighted by Crippen LogP contribution is -2.38. The van der Waals surface area contributed by atoms with Crippen LogP contribution in [0, 0.1) is 0 Å². The third-order valence-corrected chi connectivity index (χ3v) is 5.92. The molecular formula is C28H31F6N5O7. The van der Waals surface area contributed by atoms with Crippen LogP contribution < -0.4 is 10.1 Å². The van der Waals surface area contributed by atoms with Crippen LogP contribution in [0.25, 0.3) is 11.1 Å². The van der Waals surface area contributed by atoms with Crippen LogP contribution in [0.3, 0.4) is 0 Å². The quantitative estimate of drug-likeness (QED) is 0.251. The molecule has 1 aromatic heterocycles. The number of aromatic amines is 1. The van der Waals surface area contributed by atoms with Gasteiger partial charge < -0.3 is 29.9 Å². The Balaban J connectivity index is 0.000000440. The molecule has 2 heterocycles. The number of nitrogens with zero attached hydrogens (tertiary/aromatic N) is 3. The van der Waals surface area contributed by atoms with Crippen molar-refractivity contribution in [2.24, 2.45) is 0 Å². The van der Waals surface area contributed by atoms with Crippen molar-refractivity contribution in [1.82, 2.24) is 20.0 Å². The minimum atomic E-state index is -5.08. The van der Waals surface area contributed by atoms with Crippen LogP contribution in [0.15, 0.2) is 60.9 Å². The molecule has 2 aromatic carbocycles. The molecule has 0 atom stereocenters. The predicted molar refractivity (Wildman–Crippen MR) is 151 cm³/mol. The number of hydrogen-bond donors (Lipinski definition) is 4. The molecule has 1 fully saturated rings. The van der Waals surface area contributed by atoms with Gasteiger partial charge in [0.25, 0.3) is 0 Å². The number of morpholine rings is 1. The van der Waals surface area contributed by atoms with E-state index in [2.05, 4.69) is 20.4 Å². The number of ether oxygens (including phenoxy) is 2. The summed E-state index contributed by atoms with van der Waals surface area (Å²) in [6, 6.07) is 15.5. The summed E-state index contributed by atoms with van der Waals surface area (Å²) < 4.78 is 75.0. The third kappa shape index (κ3) is 13.4. The van der Waals surface area contributed by atoms with Gasteiger partial charge >= 0.3 is 30.3 Å². The maximum atomic E-state index is 12.8. The first-order valence-electron chi connectivity index (χ1n) is 13.3. The zero-order chi connectivity index (χ0) is 34.3. The molecule has 1 saturated heterocycles. The average Bonchev–Trinajstić information content (AvgIpc) is 3.54. The van der Waals surface area contributed by atoms with E-state index < -0.39 is 24.3 Å². The van der Waals surface area contributed by atoms with E-state index in [4.69, 9.17) is 29.3 Å². The number of carboxylic acids is 2. The number of hydrogen-bond acceptors (Lipinski definition) is 7. The van der Waals surface area contributed by atoms with Crippen molar-refractivity contribution in [3.63, 3.8) is 0 Å². The molecule has 18 heteroatoms. The van der Waals surface area contributed by atoms with Gasteiger partial charge in [-0.1, -0.05) is 36.4 Å². The van der Waals surface area contributed by atoms with E-state index in [1.165, 1.54) is 0 Å². The van der Waals surface area contributed by atoms with E-state index in [1.807, 2.05) is 54.7 Å². The number of rotatable bonds is 8. The molecule has 0 aliphatic carbocycles. The topological polar surface area (TPSA) is 157 Å². The number of alkyl halides is 6. The summed E-state index contributed by atoms with van der Waals surface area (Å²) in [5, 5.41) is 24.1. The second kappa shape index (κ2) is 17.6. The van der Waals surface area contributed by atoms with Crippen LogP contribution in [-0.2, 0) is 20.9 Å². The van der Waals surface area contributed by atoms with Gasteiger partial charge in [0.15, 0.2) is 0 Å². The Hall–Kier alpha value is -4.84. The zero-order valence-corrected chi connectivity index (χ0v) is 24.3. The molecule has 1 aliphatic rings. The zero-order valence-electron chi connectivity index (χ0n) is 24.3. The van der Waals surface area contributed by atoms with E-state index in [-0.39, 0.29) is 6.03 Å². The molecule has 2 amide bonds. The van der Waals surface area contributed by atoms with Crippen LogP contribution in [0.5, 0.6) is 5.75 Å². The molecule has 4 N–H and O–H groups in total. The smallest absolute Gasteiger partial charge is 0.490 e. The lowest BCUT2D eigenvalue weighted by atomic mass is 10.1. The first-order valence-corrected chi connectivity index (χ1v) is 13.3. The monoisotopic (exact) mass is 663 g/mol. The summed E-state index contributed by atoms with van der Waals surface area (Å²) in [5.74, 6) is -4.88. The first-order chi connectivity index (χ1) is 21.6. The molecule has 4 rings (SSSR count). The SMILES string of the molecule is CN(Cc1ccccc1)C(=O)Nc1ccc(-c2cn[nH]c2)cc1OCCN1CCOCC1.O=C(O)C(F)(F)F.O=C(O)C(F)(F)F. The summed E-state index contributed by atoms with van der Waals surface area (Å²) in [4.78, 5) is 34.6. The molecule has 0 spiro atoms. The summed E-state index contributed by atoms with van der Waals surface area (Å²) in [6.45, 7) is 5.18. The number of urea groups is 1. The van der Waals surface area contributed by atoms with Gasteiger partial charge in [-0.05, 0) is 23.3 Å². The number of anilines is 1. The fraction of sp³-hybridized carbons (Fsp3) is 0.357. The maximum Gasteiger partial charge on any atom is 0.490 e. The molecule has 0 bridgehead atoms. The van der Waals surface area contributed by atoms with Crippen molar-refractivity contribution in [2.75, 3.05) is 51.8 Å². The largest absolute Gasteiger partial charge is 0.490 e. The van der Waals surface area contributed by atoms with Gasteiger partial charge in [-0.25, -0.2) is 14.4 Å². The number of benzene rings is 2. The van der Waals surface area contributed by atoms with Crippen molar-refractivity contribution in [3.05, 3.63) is 66.5 Å². The first kappa shape index (κ1) is 37.3.